The second-order valence-corrected chi connectivity index (χ2v) is 5.82. The van der Waals surface area contributed by atoms with Crippen molar-refractivity contribution in [2.75, 3.05) is 17.2 Å². The molecule has 0 spiro atoms. The molecule has 0 unspecified atom stereocenters. The third kappa shape index (κ3) is 4.93. The Labute approximate surface area is 167 Å². The van der Waals surface area contributed by atoms with Crippen molar-refractivity contribution < 1.29 is 14.3 Å². The van der Waals surface area contributed by atoms with E-state index < -0.39 is 11.9 Å². The summed E-state index contributed by atoms with van der Waals surface area (Å²) in [5.41, 5.74) is 2.02. The first-order valence-electron chi connectivity index (χ1n) is 8.77. The summed E-state index contributed by atoms with van der Waals surface area (Å²) in [5.74, 6) is -0.448. The van der Waals surface area contributed by atoms with Crippen molar-refractivity contribution in [2.24, 2.45) is 0 Å². The number of nitrogens with zero attached hydrogens (tertiary/aromatic N) is 3. The highest BCUT2D eigenvalue weighted by atomic mass is 16.5. The molecule has 8 heteroatoms. The number of carbonyl (C=O) groups is 2. The van der Waals surface area contributed by atoms with Crippen LogP contribution in [-0.4, -0.2) is 28.5 Å². The lowest BCUT2D eigenvalue weighted by molar-refractivity contribution is 0.0526. The lowest BCUT2D eigenvalue weighted by atomic mass is 10.2. The van der Waals surface area contributed by atoms with E-state index in [0.717, 1.165) is 0 Å². The molecule has 0 aliphatic rings. The number of hydrogen-bond donors (Lipinski definition) is 2. The monoisotopic (exact) mass is 387 g/mol. The second kappa shape index (κ2) is 9.10. The maximum absolute atomic E-state index is 12.5. The van der Waals surface area contributed by atoms with Gasteiger partial charge in [0.15, 0.2) is 0 Å². The number of esters is 1. The van der Waals surface area contributed by atoms with Crippen LogP contribution in [0, 0.1) is 11.3 Å². The number of aromatic nitrogens is 2. The van der Waals surface area contributed by atoms with Crippen LogP contribution in [0.3, 0.4) is 0 Å². The van der Waals surface area contributed by atoms with Crippen LogP contribution in [-0.2, 0) is 4.74 Å². The van der Waals surface area contributed by atoms with Crippen molar-refractivity contribution in [3.8, 4) is 6.07 Å². The van der Waals surface area contributed by atoms with E-state index >= 15 is 0 Å². The van der Waals surface area contributed by atoms with Crippen LogP contribution in [0.15, 0.2) is 60.9 Å². The zero-order valence-electron chi connectivity index (χ0n) is 15.5. The number of rotatable bonds is 6. The summed E-state index contributed by atoms with van der Waals surface area (Å²) in [5, 5.41) is 14.8. The number of para-hydroxylation sites is 1. The summed E-state index contributed by atoms with van der Waals surface area (Å²) in [7, 11) is 0. The van der Waals surface area contributed by atoms with Crippen molar-refractivity contribution in [1.29, 1.82) is 5.26 Å². The molecular formula is C21H17N5O3. The van der Waals surface area contributed by atoms with Crippen molar-refractivity contribution in [3.05, 3.63) is 77.7 Å². The lowest BCUT2D eigenvalue weighted by Crippen LogP contribution is -2.15. The molecule has 1 heterocycles. The van der Waals surface area contributed by atoms with E-state index in [2.05, 4.69) is 20.6 Å². The topological polar surface area (TPSA) is 117 Å². The summed E-state index contributed by atoms with van der Waals surface area (Å²) >= 11 is 0. The first kappa shape index (κ1) is 19.5. The number of carbonyl (C=O) groups excluding carboxylic acids is 2. The number of benzene rings is 2. The Morgan fingerprint density at radius 1 is 1.10 bits per heavy atom. The zero-order chi connectivity index (χ0) is 20.6. The van der Waals surface area contributed by atoms with Gasteiger partial charge < -0.3 is 15.4 Å². The number of anilines is 3. The standard InChI is InChI=1S/C21H17N5O3/c1-2-29-21(28)14-7-9-16(10-8-14)25-19-11-18(23-13-24-19)20(27)26-17-6-4-3-5-15(17)12-22/h3-11,13H,2H2,1H3,(H,26,27)(H,23,24,25). The molecule has 3 rings (SSSR count). The molecule has 2 N–H and O–H groups in total. The third-order valence-electron chi connectivity index (χ3n) is 3.86. The van der Waals surface area contributed by atoms with Gasteiger partial charge in [-0.3, -0.25) is 4.79 Å². The predicted octanol–water partition coefficient (Wildman–Crippen LogP) is 3.52. The molecule has 0 bridgehead atoms. The molecule has 29 heavy (non-hydrogen) atoms. The third-order valence-corrected chi connectivity index (χ3v) is 3.86. The number of nitrogens with one attached hydrogen (secondary N) is 2. The summed E-state index contributed by atoms with van der Waals surface area (Å²) in [6.45, 7) is 2.05. The highest BCUT2D eigenvalue weighted by molar-refractivity contribution is 6.04. The van der Waals surface area contributed by atoms with Gasteiger partial charge in [0.1, 0.15) is 23.9 Å². The Bertz CT molecular complexity index is 1070. The van der Waals surface area contributed by atoms with Gasteiger partial charge in [0.2, 0.25) is 0 Å². The van der Waals surface area contributed by atoms with E-state index in [-0.39, 0.29) is 5.69 Å². The van der Waals surface area contributed by atoms with Crippen molar-refractivity contribution in [2.45, 2.75) is 6.92 Å². The number of hydrogen-bond acceptors (Lipinski definition) is 7. The molecule has 0 fully saturated rings. The molecule has 0 radical (unpaired) electrons. The Morgan fingerprint density at radius 2 is 1.86 bits per heavy atom. The quantitative estimate of drug-likeness (QED) is 0.621. The van der Waals surface area contributed by atoms with Crippen LogP contribution in [0.25, 0.3) is 0 Å². The van der Waals surface area contributed by atoms with Crippen molar-refractivity contribution in [3.63, 3.8) is 0 Å². The maximum atomic E-state index is 12.5. The molecular weight excluding hydrogens is 370 g/mol. The average Bonchev–Trinajstić information content (AvgIpc) is 2.75. The second-order valence-electron chi connectivity index (χ2n) is 5.82. The fraction of sp³-hybridized carbons (Fsp3) is 0.0952. The highest BCUT2D eigenvalue weighted by Gasteiger charge is 2.12. The SMILES string of the molecule is CCOC(=O)c1ccc(Nc2cc(C(=O)Nc3ccccc3C#N)ncn2)cc1. The fourth-order valence-electron chi connectivity index (χ4n) is 2.48. The first-order valence-corrected chi connectivity index (χ1v) is 8.77. The molecule has 144 valence electrons. The number of nitriles is 1. The van der Waals surface area contributed by atoms with E-state index in [0.29, 0.717) is 34.9 Å². The van der Waals surface area contributed by atoms with Crippen LogP contribution in [0.2, 0.25) is 0 Å². The van der Waals surface area contributed by atoms with Gasteiger partial charge in [-0.15, -0.1) is 0 Å². The Balaban J connectivity index is 1.72. The van der Waals surface area contributed by atoms with E-state index in [1.807, 2.05) is 6.07 Å². The van der Waals surface area contributed by atoms with Crippen LogP contribution >= 0.6 is 0 Å². The van der Waals surface area contributed by atoms with Gasteiger partial charge in [-0.1, -0.05) is 12.1 Å². The Hall–Kier alpha value is -4.25. The first-order chi connectivity index (χ1) is 14.1. The normalized spacial score (nSPS) is 9.93. The van der Waals surface area contributed by atoms with Crippen molar-refractivity contribution in [1.82, 2.24) is 9.97 Å². The predicted molar refractivity (Wildman–Crippen MR) is 107 cm³/mol. The maximum Gasteiger partial charge on any atom is 0.338 e. The summed E-state index contributed by atoms with van der Waals surface area (Å²) in [6, 6.07) is 16.9. The summed E-state index contributed by atoms with van der Waals surface area (Å²) in [6.07, 6.45) is 1.26. The smallest absolute Gasteiger partial charge is 0.338 e. The molecule has 0 aliphatic carbocycles. The van der Waals surface area contributed by atoms with Gasteiger partial charge in [-0.2, -0.15) is 5.26 Å². The Morgan fingerprint density at radius 3 is 2.59 bits per heavy atom. The van der Waals surface area contributed by atoms with E-state index in [4.69, 9.17) is 10.00 Å². The lowest BCUT2D eigenvalue weighted by Gasteiger charge is -2.09. The van der Waals surface area contributed by atoms with Crippen molar-refractivity contribution >= 4 is 29.1 Å². The van der Waals surface area contributed by atoms with E-state index in [9.17, 15) is 9.59 Å². The summed E-state index contributed by atoms with van der Waals surface area (Å²) < 4.78 is 4.95. The minimum absolute atomic E-state index is 0.137. The van der Waals surface area contributed by atoms with Gasteiger partial charge in [0.05, 0.1) is 23.4 Å². The van der Waals surface area contributed by atoms with Gasteiger partial charge >= 0.3 is 5.97 Å². The molecule has 0 aliphatic heterocycles. The van der Waals surface area contributed by atoms with Crippen LogP contribution in [0.1, 0.15) is 33.3 Å². The Kier molecular flexibility index (Phi) is 6.12. The zero-order valence-corrected chi connectivity index (χ0v) is 15.5. The molecule has 1 amide bonds. The summed E-state index contributed by atoms with van der Waals surface area (Å²) in [4.78, 5) is 32.3. The minimum atomic E-state index is -0.462. The number of ether oxygens (including phenoxy) is 1. The van der Waals surface area contributed by atoms with Gasteiger partial charge in [-0.25, -0.2) is 14.8 Å². The van der Waals surface area contributed by atoms with E-state index in [1.54, 1.807) is 55.5 Å². The largest absolute Gasteiger partial charge is 0.462 e. The average molecular weight is 387 g/mol. The van der Waals surface area contributed by atoms with Crippen LogP contribution < -0.4 is 10.6 Å². The molecule has 0 saturated heterocycles. The van der Waals surface area contributed by atoms with Crippen LogP contribution in [0.5, 0.6) is 0 Å². The van der Waals surface area contributed by atoms with Gasteiger partial charge in [0.25, 0.3) is 5.91 Å². The molecule has 0 atom stereocenters. The molecule has 8 nitrogen and oxygen atoms in total. The molecule has 2 aromatic carbocycles. The van der Waals surface area contributed by atoms with Crippen LogP contribution in [0.4, 0.5) is 17.2 Å². The van der Waals surface area contributed by atoms with Gasteiger partial charge in [0, 0.05) is 11.8 Å². The van der Waals surface area contributed by atoms with E-state index in [1.165, 1.54) is 12.4 Å². The minimum Gasteiger partial charge on any atom is -0.462 e. The van der Waals surface area contributed by atoms with Gasteiger partial charge in [-0.05, 0) is 43.3 Å². The molecule has 0 saturated carbocycles. The molecule has 3 aromatic rings. The number of amides is 1. The highest BCUT2D eigenvalue weighted by Crippen LogP contribution is 2.18. The molecule has 1 aromatic heterocycles. The fourth-order valence-corrected chi connectivity index (χ4v) is 2.48.